The Kier molecular flexibility index (Phi) is 3.05. The van der Waals surface area contributed by atoms with Gasteiger partial charge in [0.05, 0.1) is 0 Å². The molecule has 0 saturated heterocycles. The van der Waals surface area contributed by atoms with E-state index < -0.39 is 0 Å². The van der Waals surface area contributed by atoms with E-state index in [0.29, 0.717) is 15.6 Å². The third kappa shape index (κ3) is 2.25. The lowest BCUT2D eigenvalue weighted by molar-refractivity contribution is -0.110. The number of hydrogen-bond donors (Lipinski definition) is 1. The molecule has 0 spiro atoms. The van der Waals surface area contributed by atoms with E-state index in [1.54, 1.807) is 24.3 Å². The number of benzene rings is 2. The molecule has 0 aliphatic carbocycles. The molecule has 1 amide bonds. The predicted octanol–water partition coefficient (Wildman–Crippen LogP) is 4.49. The Morgan fingerprint density at radius 2 is 1.84 bits per heavy atom. The quantitative estimate of drug-likeness (QED) is 0.770. The van der Waals surface area contributed by atoms with Crippen molar-refractivity contribution in [2.75, 3.05) is 5.32 Å². The maximum absolute atomic E-state index is 12.0. The van der Waals surface area contributed by atoms with E-state index in [1.807, 2.05) is 24.3 Å². The number of anilines is 1. The maximum Gasteiger partial charge on any atom is 0.256 e. The van der Waals surface area contributed by atoms with Gasteiger partial charge in [-0.3, -0.25) is 4.79 Å². The molecule has 1 heterocycles. The second-order valence-corrected chi connectivity index (χ2v) is 5.07. The predicted molar refractivity (Wildman–Crippen MR) is 79.4 cm³/mol. The molecule has 94 valence electrons. The smallest absolute Gasteiger partial charge is 0.256 e. The highest BCUT2D eigenvalue weighted by Gasteiger charge is 2.23. The molecule has 0 atom stereocenters. The fourth-order valence-electron chi connectivity index (χ4n) is 2.06. The molecule has 0 unspecified atom stereocenters. The summed E-state index contributed by atoms with van der Waals surface area (Å²) in [6.45, 7) is 0. The lowest BCUT2D eigenvalue weighted by Crippen LogP contribution is -2.03. The van der Waals surface area contributed by atoms with Crippen molar-refractivity contribution in [3.8, 4) is 0 Å². The zero-order valence-corrected chi connectivity index (χ0v) is 11.3. The minimum Gasteiger partial charge on any atom is -0.321 e. The van der Waals surface area contributed by atoms with Gasteiger partial charge in [0.1, 0.15) is 0 Å². The van der Waals surface area contributed by atoms with Crippen LogP contribution in [-0.2, 0) is 4.79 Å². The Morgan fingerprint density at radius 3 is 2.68 bits per heavy atom. The highest BCUT2D eigenvalue weighted by Crippen LogP contribution is 2.34. The molecule has 2 aromatic carbocycles. The van der Waals surface area contributed by atoms with Crippen molar-refractivity contribution in [1.29, 1.82) is 0 Å². The van der Waals surface area contributed by atoms with Crippen LogP contribution in [0.1, 0.15) is 11.1 Å². The number of fused-ring (bicyclic) bond motifs is 1. The van der Waals surface area contributed by atoms with E-state index >= 15 is 0 Å². The van der Waals surface area contributed by atoms with E-state index in [4.69, 9.17) is 23.2 Å². The second-order valence-electron chi connectivity index (χ2n) is 4.22. The first-order valence-corrected chi connectivity index (χ1v) is 6.48. The minimum absolute atomic E-state index is 0.128. The molecule has 0 aromatic heterocycles. The van der Waals surface area contributed by atoms with E-state index in [0.717, 1.165) is 16.8 Å². The summed E-state index contributed by atoms with van der Waals surface area (Å²) in [6, 6.07) is 12.7. The molecule has 2 aromatic rings. The average molecular weight is 290 g/mol. The molecule has 4 heteroatoms. The van der Waals surface area contributed by atoms with Crippen molar-refractivity contribution in [1.82, 2.24) is 0 Å². The molecule has 1 N–H and O–H groups in total. The largest absolute Gasteiger partial charge is 0.321 e. The summed E-state index contributed by atoms with van der Waals surface area (Å²) in [5.41, 5.74) is 3.02. The number of amides is 1. The van der Waals surface area contributed by atoms with Crippen molar-refractivity contribution >= 4 is 46.4 Å². The van der Waals surface area contributed by atoms with Gasteiger partial charge in [0.2, 0.25) is 0 Å². The van der Waals surface area contributed by atoms with Crippen molar-refractivity contribution < 1.29 is 4.79 Å². The Labute approximate surface area is 120 Å². The summed E-state index contributed by atoms with van der Waals surface area (Å²) < 4.78 is 0. The first kappa shape index (κ1) is 12.3. The van der Waals surface area contributed by atoms with Crippen LogP contribution in [0.25, 0.3) is 11.6 Å². The first-order valence-electron chi connectivity index (χ1n) is 5.72. The van der Waals surface area contributed by atoms with Gasteiger partial charge in [0.15, 0.2) is 0 Å². The molecule has 0 fully saturated rings. The number of rotatable bonds is 1. The molecular weight excluding hydrogens is 281 g/mol. The van der Waals surface area contributed by atoms with Gasteiger partial charge >= 0.3 is 0 Å². The summed E-state index contributed by atoms with van der Waals surface area (Å²) >= 11 is 12.1. The summed E-state index contributed by atoms with van der Waals surface area (Å²) in [5.74, 6) is -0.128. The Morgan fingerprint density at radius 1 is 1.05 bits per heavy atom. The normalized spacial score (nSPS) is 15.5. The zero-order chi connectivity index (χ0) is 13.4. The molecule has 0 bridgehead atoms. The number of halogens is 2. The van der Waals surface area contributed by atoms with Crippen LogP contribution in [0, 0.1) is 0 Å². The molecule has 3 rings (SSSR count). The van der Waals surface area contributed by atoms with E-state index in [9.17, 15) is 4.79 Å². The zero-order valence-electron chi connectivity index (χ0n) is 9.78. The van der Waals surface area contributed by atoms with E-state index in [2.05, 4.69) is 5.32 Å². The van der Waals surface area contributed by atoms with Crippen molar-refractivity contribution in [2.24, 2.45) is 0 Å². The van der Waals surface area contributed by atoms with Crippen molar-refractivity contribution in [2.45, 2.75) is 0 Å². The number of para-hydroxylation sites is 1. The highest BCUT2D eigenvalue weighted by molar-refractivity contribution is 6.37. The summed E-state index contributed by atoms with van der Waals surface area (Å²) in [4.78, 5) is 12.0. The minimum atomic E-state index is -0.128. The van der Waals surface area contributed by atoms with Gasteiger partial charge in [-0.15, -0.1) is 0 Å². The van der Waals surface area contributed by atoms with Crippen LogP contribution in [-0.4, -0.2) is 5.91 Å². The molecule has 1 aliphatic rings. The lowest BCUT2D eigenvalue weighted by Gasteiger charge is -2.01. The summed E-state index contributed by atoms with van der Waals surface area (Å²) in [5, 5.41) is 3.97. The Bertz CT molecular complexity index is 707. The van der Waals surface area contributed by atoms with Gasteiger partial charge in [-0.25, -0.2) is 0 Å². The van der Waals surface area contributed by atoms with Crippen LogP contribution < -0.4 is 5.32 Å². The Hall–Kier alpha value is -1.77. The first-order chi connectivity index (χ1) is 9.15. The number of carbonyl (C=O) groups is 1. The van der Waals surface area contributed by atoms with Gasteiger partial charge in [-0.2, -0.15) is 0 Å². The average Bonchev–Trinajstić information content (AvgIpc) is 2.71. The topological polar surface area (TPSA) is 29.1 Å². The fraction of sp³-hybridized carbons (Fsp3) is 0. The third-order valence-electron chi connectivity index (χ3n) is 2.97. The SMILES string of the molecule is O=C1Nc2ccccc2/C1=C/c1cc(Cl)ccc1Cl. The summed E-state index contributed by atoms with van der Waals surface area (Å²) in [6.07, 6.45) is 1.76. The van der Waals surface area contributed by atoms with Gasteiger partial charge in [-0.1, -0.05) is 41.4 Å². The number of nitrogens with one attached hydrogen (secondary N) is 1. The lowest BCUT2D eigenvalue weighted by atomic mass is 10.0. The standard InChI is InChI=1S/C15H9Cl2NO/c16-10-5-6-13(17)9(7-10)8-12-11-3-1-2-4-14(11)18-15(12)19/h1-8H,(H,18,19)/b12-8-. The van der Waals surface area contributed by atoms with Gasteiger partial charge in [0.25, 0.3) is 5.91 Å². The van der Waals surface area contributed by atoms with Crippen LogP contribution in [0.3, 0.4) is 0 Å². The molecule has 2 nitrogen and oxygen atoms in total. The monoisotopic (exact) mass is 289 g/mol. The van der Waals surface area contributed by atoms with Crippen LogP contribution in [0.5, 0.6) is 0 Å². The van der Waals surface area contributed by atoms with Crippen LogP contribution in [0.15, 0.2) is 42.5 Å². The van der Waals surface area contributed by atoms with E-state index in [1.165, 1.54) is 0 Å². The van der Waals surface area contributed by atoms with Crippen LogP contribution >= 0.6 is 23.2 Å². The molecule has 0 saturated carbocycles. The molecular formula is C15H9Cl2NO. The van der Waals surface area contributed by atoms with Gasteiger partial charge in [0, 0.05) is 26.9 Å². The van der Waals surface area contributed by atoms with E-state index in [-0.39, 0.29) is 5.91 Å². The number of carbonyl (C=O) groups excluding carboxylic acids is 1. The highest BCUT2D eigenvalue weighted by atomic mass is 35.5. The summed E-state index contributed by atoms with van der Waals surface area (Å²) in [7, 11) is 0. The molecule has 1 aliphatic heterocycles. The number of hydrogen-bond acceptors (Lipinski definition) is 1. The van der Waals surface area contributed by atoms with Crippen LogP contribution in [0.2, 0.25) is 10.0 Å². The molecule has 0 radical (unpaired) electrons. The maximum atomic E-state index is 12.0. The van der Waals surface area contributed by atoms with Crippen LogP contribution in [0.4, 0.5) is 5.69 Å². The third-order valence-corrected chi connectivity index (χ3v) is 3.55. The second kappa shape index (κ2) is 4.72. The van der Waals surface area contributed by atoms with Gasteiger partial charge < -0.3 is 5.32 Å². The molecule has 19 heavy (non-hydrogen) atoms. The fourth-order valence-corrected chi connectivity index (χ4v) is 2.42. The Balaban J connectivity index is 2.14. The van der Waals surface area contributed by atoms with Crippen molar-refractivity contribution in [3.63, 3.8) is 0 Å². The van der Waals surface area contributed by atoms with Gasteiger partial charge in [-0.05, 0) is 35.9 Å². The van der Waals surface area contributed by atoms with Crippen molar-refractivity contribution in [3.05, 3.63) is 63.6 Å².